The molecule has 1 aromatic heterocycles. The Kier molecular flexibility index (Phi) is 8.32. The number of nitrogens with one attached hydrogen (secondary N) is 3. The number of halogens is 2. The first-order valence-electron chi connectivity index (χ1n) is 10.3. The maximum Gasteiger partial charge on any atom is 0.324 e. The third kappa shape index (κ3) is 5.84. The van der Waals surface area contributed by atoms with E-state index in [1.54, 1.807) is 26.2 Å². The fourth-order valence-corrected chi connectivity index (χ4v) is 3.66. The Labute approximate surface area is 202 Å². The SMILES string of the molecule is CNC(=O)c1nn(-c2ccccc2)c(NC(=O)Nc2cc(Cl)c(Cl)cc2CCCOC)c1C. The molecule has 0 aliphatic rings. The number of benzene rings is 2. The minimum absolute atomic E-state index is 0.214. The highest BCUT2D eigenvalue weighted by Gasteiger charge is 2.22. The second-order valence-electron chi connectivity index (χ2n) is 7.25. The highest BCUT2D eigenvalue weighted by atomic mass is 35.5. The van der Waals surface area contributed by atoms with Crippen molar-refractivity contribution in [2.75, 3.05) is 31.4 Å². The average Bonchev–Trinajstić information content (AvgIpc) is 3.13. The van der Waals surface area contributed by atoms with E-state index in [0.29, 0.717) is 45.8 Å². The van der Waals surface area contributed by atoms with Crippen LogP contribution in [0.25, 0.3) is 5.69 Å². The maximum atomic E-state index is 13.0. The Morgan fingerprint density at radius 2 is 1.79 bits per heavy atom. The van der Waals surface area contributed by atoms with Crippen molar-refractivity contribution >= 4 is 46.6 Å². The van der Waals surface area contributed by atoms with Crippen LogP contribution in [0.15, 0.2) is 42.5 Å². The van der Waals surface area contributed by atoms with Gasteiger partial charge in [-0.15, -0.1) is 0 Å². The van der Waals surface area contributed by atoms with Crippen molar-refractivity contribution < 1.29 is 14.3 Å². The molecule has 0 unspecified atom stereocenters. The van der Waals surface area contributed by atoms with Crippen molar-refractivity contribution in [1.29, 1.82) is 0 Å². The number of aryl methyl sites for hydroxylation is 1. The second kappa shape index (κ2) is 11.2. The molecule has 0 aliphatic heterocycles. The number of ether oxygens (including phenoxy) is 1. The number of rotatable bonds is 8. The molecular formula is C23H25Cl2N5O3. The number of anilines is 2. The second-order valence-corrected chi connectivity index (χ2v) is 8.06. The summed E-state index contributed by atoms with van der Waals surface area (Å²) in [6.07, 6.45) is 1.39. The minimum Gasteiger partial charge on any atom is -0.385 e. The van der Waals surface area contributed by atoms with E-state index in [-0.39, 0.29) is 11.6 Å². The molecule has 2 aromatic carbocycles. The maximum absolute atomic E-state index is 13.0. The first-order chi connectivity index (χ1) is 15.8. The van der Waals surface area contributed by atoms with Gasteiger partial charge in [-0.3, -0.25) is 10.1 Å². The van der Waals surface area contributed by atoms with Crippen LogP contribution in [-0.2, 0) is 11.2 Å². The first kappa shape index (κ1) is 24.6. The van der Waals surface area contributed by atoms with Crippen LogP contribution in [0.5, 0.6) is 0 Å². The molecule has 3 N–H and O–H groups in total. The average molecular weight is 490 g/mol. The van der Waals surface area contributed by atoms with Crippen molar-refractivity contribution in [2.45, 2.75) is 19.8 Å². The Bertz CT molecular complexity index is 1150. The lowest BCUT2D eigenvalue weighted by atomic mass is 10.1. The molecule has 1 heterocycles. The number of aromatic nitrogens is 2. The van der Waals surface area contributed by atoms with E-state index in [0.717, 1.165) is 12.0 Å². The number of methoxy groups -OCH3 is 1. The van der Waals surface area contributed by atoms with Gasteiger partial charge in [0.1, 0.15) is 5.82 Å². The molecule has 0 saturated carbocycles. The molecule has 0 bridgehead atoms. The van der Waals surface area contributed by atoms with Gasteiger partial charge in [0.2, 0.25) is 0 Å². The summed E-state index contributed by atoms with van der Waals surface area (Å²) < 4.78 is 6.64. The fraction of sp³-hybridized carbons (Fsp3) is 0.261. The predicted molar refractivity (Wildman–Crippen MR) is 131 cm³/mol. The zero-order valence-corrected chi connectivity index (χ0v) is 20.0. The number of para-hydroxylation sites is 1. The van der Waals surface area contributed by atoms with Crippen LogP contribution >= 0.6 is 23.2 Å². The summed E-state index contributed by atoms with van der Waals surface area (Å²) in [5.41, 5.74) is 2.80. The van der Waals surface area contributed by atoms with Crippen LogP contribution in [0, 0.1) is 6.92 Å². The monoisotopic (exact) mass is 489 g/mol. The van der Waals surface area contributed by atoms with Gasteiger partial charge < -0.3 is 15.4 Å². The standard InChI is InChI=1S/C23H25Cl2N5O3/c1-14-20(22(31)26-2)29-30(16-9-5-4-6-10-16)21(14)28-23(32)27-19-13-18(25)17(24)12-15(19)8-7-11-33-3/h4-6,9-10,12-13H,7-8,11H2,1-3H3,(H,26,31)(H2,27,28,32). The summed E-state index contributed by atoms with van der Waals surface area (Å²) in [7, 11) is 3.16. The van der Waals surface area contributed by atoms with Gasteiger partial charge in [-0.1, -0.05) is 41.4 Å². The third-order valence-corrected chi connectivity index (χ3v) is 5.71. The summed E-state index contributed by atoms with van der Waals surface area (Å²) in [4.78, 5) is 25.3. The van der Waals surface area contributed by atoms with Crippen LogP contribution < -0.4 is 16.0 Å². The van der Waals surface area contributed by atoms with E-state index in [2.05, 4.69) is 21.0 Å². The summed E-state index contributed by atoms with van der Waals surface area (Å²) in [6.45, 7) is 2.30. The Morgan fingerprint density at radius 3 is 2.45 bits per heavy atom. The highest BCUT2D eigenvalue weighted by molar-refractivity contribution is 6.42. The van der Waals surface area contributed by atoms with E-state index in [9.17, 15) is 9.59 Å². The number of carbonyl (C=O) groups is 2. The lowest BCUT2D eigenvalue weighted by Crippen LogP contribution is -2.22. The van der Waals surface area contributed by atoms with Crippen LogP contribution in [0.1, 0.15) is 28.0 Å². The van der Waals surface area contributed by atoms with Gasteiger partial charge in [-0.2, -0.15) is 5.10 Å². The van der Waals surface area contributed by atoms with E-state index in [1.807, 2.05) is 30.3 Å². The summed E-state index contributed by atoms with van der Waals surface area (Å²) in [6, 6.07) is 12.1. The number of carbonyl (C=O) groups excluding carboxylic acids is 2. The van der Waals surface area contributed by atoms with E-state index in [4.69, 9.17) is 27.9 Å². The van der Waals surface area contributed by atoms with Gasteiger partial charge in [-0.25, -0.2) is 9.48 Å². The fourth-order valence-electron chi connectivity index (χ4n) is 3.31. The third-order valence-electron chi connectivity index (χ3n) is 4.99. The number of hydrogen-bond acceptors (Lipinski definition) is 4. The lowest BCUT2D eigenvalue weighted by molar-refractivity contribution is 0.0957. The van der Waals surface area contributed by atoms with Crippen molar-refractivity contribution in [3.8, 4) is 5.69 Å². The topological polar surface area (TPSA) is 97.3 Å². The zero-order valence-electron chi connectivity index (χ0n) is 18.5. The normalized spacial score (nSPS) is 10.7. The molecule has 8 nitrogen and oxygen atoms in total. The molecule has 0 atom stereocenters. The van der Waals surface area contributed by atoms with E-state index < -0.39 is 6.03 Å². The van der Waals surface area contributed by atoms with Gasteiger partial charge >= 0.3 is 6.03 Å². The molecule has 0 spiro atoms. The van der Waals surface area contributed by atoms with Gasteiger partial charge in [0.25, 0.3) is 5.91 Å². The molecule has 10 heteroatoms. The highest BCUT2D eigenvalue weighted by Crippen LogP contribution is 2.30. The van der Waals surface area contributed by atoms with Crippen LogP contribution in [-0.4, -0.2) is 42.5 Å². The zero-order chi connectivity index (χ0) is 24.0. The van der Waals surface area contributed by atoms with Crippen molar-refractivity contribution in [1.82, 2.24) is 15.1 Å². The first-order valence-corrected chi connectivity index (χ1v) is 11.0. The lowest BCUT2D eigenvalue weighted by Gasteiger charge is -2.15. The molecule has 174 valence electrons. The Balaban J connectivity index is 1.91. The van der Waals surface area contributed by atoms with Crippen molar-refractivity contribution in [2.24, 2.45) is 0 Å². The van der Waals surface area contributed by atoms with Crippen LogP contribution in [0.3, 0.4) is 0 Å². The van der Waals surface area contributed by atoms with Crippen LogP contribution in [0.4, 0.5) is 16.3 Å². The van der Waals surface area contributed by atoms with Crippen molar-refractivity contribution in [3.63, 3.8) is 0 Å². The molecule has 0 aliphatic carbocycles. The molecule has 33 heavy (non-hydrogen) atoms. The number of urea groups is 1. The molecule has 0 saturated heterocycles. The molecule has 0 fully saturated rings. The van der Waals surface area contributed by atoms with Gasteiger partial charge in [-0.05, 0) is 49.6 Å². The molecule has 0 radical (unpaired) electrons. The summed E-state index contributed by atoms with van der Waals surface area (Å²) in [5, 5.41) is 13.4. The molecular weight excluding hydrogens is 465 g/mol. The van der Waals surface area contributed by atoms with Crippen LogP contribution in [0.2, 0.25) is 10.0 Å². The molecule has 3 aromatic rings. The smallest absolute Gasteiger partial charge is 0.324 e. The Morgan fingerprint density at radius 1 is 1.09 bits per heavy atom. The van der Waals surface area contributed by atoms with Gasteiger partial charge in [0.05, 0.1) is 15.7 Å². The quantitative estimate of drug-likeness (QED) is 0.384. The Hall–Kier alpha value is -3.07. The van der Waals surface area contributed by atoms with Gasteiger partial charge in [0.15, 0.2) is 5.69 Å². The molecule has 3 rings (SSSR count). The number of nitrogens with zero attached hydrogens (tertiary/aromatic N) is 2. The summed E-state index contributed by atoms with van der Waals surface area (Å²) in [5.74, 6) is 0.0221. The molecule has 3 amide bonds. The minimum atomic E-state index is -0.509. The van der Waals surface area contributed by atoms with E-state index >= 15 is 0 Å². The predicted octanol–water partition coefficient (Wildman–Crippen LogP) is 5.07. The number of amides is 3. The van der Waals surface area contributed by atoms with Crippen molar-refractivity contribution in [3.05, 3.63) is 69.3 Å². The van der Waals surface area contributed by atoms with Gasteiger partial charge in [0, 0.05) is 32.0 Å². The van der Waals surface area contributed by atoms with E-state index in [1.165, 1.54) is 11.7 Å². The number of hydrogen-bond donors (Lipinski definition) is 3. The largest absolute Gasteiger partial charge is 0.385 e. The summed E-state index contributed by atoms with van der Waals surface area (Å²) >= 11 is 12.4.